The standard InChI is InChI=1S/C14H23N3O3/c18-13(16-11-3-4-11)12-9-20-7-6-17(12)14(19)10-2-1-5-15-8-10/h10-12,15H,1-9H2,(H,16,18)/t10-,12?/m1/s1. The Hall–Kier alpha value is -1.14. The van der Waals surface area contributed by atoms with Gasteiger partial charge in [0, 0.05) is 19.1 Å². The molecule has 0 bridgehead atoms. The lowest BCUT2D eigenvalue weighted by Gasteiger charge is -2.37. The molecule has 0 spiro atoms. The smallest absolute Gasteiger partial charge is 0.245 e. The van der Waals surface area contributed by atoms with Crippen LogP contribution in [0, 0.1) is 5.92 Å². The zero-order valence-electron chi connectivity index (χ0n) is 11.8. The second-order valence-electron chi connectivity index (χ2n) is 5.95. The van der Waals surface area contributed by atoms with Crippen LogP contribution in [0.1, 0.15) is 25.7 Å². The molecule has 2 N–H and O–H groups in total. The second-order valence-corrected chi connectivity index (χ2v) is 5.95. The number of hydrogen-bond acceptors (Lipinski definition) is 4. The van der Waals surface area contributed by atoms with E-state index >= 15 is 0 Å². The zero-order chi connectivity index (χ0) is 13.9. The predicted molar refractivity (Wildman–Crippen MR) is 73.1 cm³/mol. The summed E-state index contributed by atoms with van der Waals surface area (Å²) in [7, 11) is 0. The van der Waals surface area contributed by atoms with Crippen molar-refractivity contribution >= 4 is 11.8 Å². The van der Waals surface area contributed by atoms with E-state index in [1.165, 1.54) is 0 Å². The topological polar surface area (TPSA) is 70.7 Å². The molecule has 0 aromatic rings. The fourth-order valence-electron chi connectivity index (χ4n) is 2.91. The predicted octanol–water partition coefficient (Wildman–Crippen LogP) is -0.508. The van der Waals surface area contributed by atoms with Crippen LogP contribution >= 0.6 is 0 Å². The third-order valence-electron chi connectivity index (χ3n) is 4.28. The monoisotopic (exact) mass is 281 g/mol. The van der Waals surface area contributed by atoms with Gasteiger partial charge in [-0.3, -0.25) is 9.59 Å². The van der Waals surface area contributed by atoms with Crippen LogP contribution in [0.5, 0.6) is 0 Å². The van der Waals surface area contributed by atoms with Gasteiger partial charge in [-0.05, 0) is 32.2 Å². The van der Waals surface area contributed by atoms with E-state index in [0.29, 0.717) is 25.8 Å². The number of hydrogen-bond donors (Lipinski definition) is 2. The van der Waals surface area contributed by atoms with E-state index in [0.717, 1.165) is 38.8 Å². The highest BCUT2D eigenvalue weighted by Gasteiger charge is 2.38. The van der Waals surface area contributed by atoms with Gasteiger partial charge in [0.1, 0.15) is 6.04 Å². The minimum absolute atomic E-state index is 0.0121. The Kier molecular flexibility index (Phi) is 4.21. The Labute approximate surface area is 119 Å². The lowest BCUT2D eigenvalue weighted by molar-refractivity contribution is -0.152. The molecule has 2 saturated heterocycles. The van der Waals surface area contributed by atoms with Crippen LogP contribution in [0.2, 0.25) is 0 Å². The number of piperidine rings is 1. The van der Waals surface area contributed by atoms with Crippen LogP contribution in [-0.2, 0) is 14.3 Å². The zero-order valence-corrected chi connectivity index (χ0v) is 11.8. The van der Waals surface area contributed by atoms with Gasteiger partial charge in [-0.15, -0.1) is 0 Å². The van der Waals surface area contributed by atoms with Crippen LogP contribution < -0.4 is 10.6 Å². The van der Waals surface area contributed by atoms with Gasteiger partial charge in [0.15, 0.2) is 0 Å². The second kappa shape index (κ2) is 6.10. The van der Waals surface area contributed by atoms with Crippen molar-refractivity contribution in [1.29, 1.82) is 0 Å². The molecular weight excluding hydrogens is 258 g/mol. The maximum absolute atomic E-state index is 12.6. The lowest BCUT2D eigenvalue weighted by atomic mass is 9.97. The summed E-state index contributed by atoms with van der Waals surface area (Å²) in [4.78, 5) is 26.6. The van der Waals surface area contributed by atoms with Crippen molar-refractivity contribution in [3.05, 3.63) is 0 Å². The molecule has 112 valence electrons. The molecule has 3 rings (SSSR count). The first kappa shape index (κ1) is 13.8. The van der Waals surface area contributed by atoms with Crippen molar-refractivity contribution in [2.24, 2.45) is 5.92 Å². The fourth-order valence-corrected chi connectivity index (χ4v) is 2.91. The molecule has 6 heteroatoms. The van der Waals surface area contributed by atoms with E-state index in [1.807, 2.05) is 0 Å². The number of carbonyl (C=O) groups excluding carboxylic acids is 2. The highest BCUT2D eigenvalue weighted by Crippen LogP contribution is 2.21. The maximum atomic E-state index is 12.6. The Bertz CT molecular complexity index is 378. The van der Waals surface area contributed by atoms with Crippen molar-refractivity contribution in [3.8, 4) is 0 Å². The fraction of sp³-hybridized carbons (Fsp3) is 0.857. The Balaban J connectivity index is 1.63. The summed E-state index contributed by atoms with van der Waals surface area (Å²) in [6.07, 6.45) is 4.06. The van der Waals surface area contributed by atoms with Gasteiger partial charge >= 0.3 is 0 Å². The van der Waals surface area contributed by atoms with E-state index in [4.69, 9.17) is 4.74 Å². The first-order valence-corrected chi connectivity index (χ1v) is 7.65. The molecule has 3 aliphatic rings. The molecule has 2 heterocycles. The van der Waals surface area contributed by atoms with Crippen molar-refractivity contribution in [1.82, 2.24) is 15.5 Å². The quantitative estimate of drug-likeness (QED) is 0.731. The lowest BCUT2D eigenvalue weighted by Crippen LogP contribution is -2.58. The summed E-state index contributed by atoms with van der Waals surface area (Å²) in [5, 5.41) is 6.24. The molecule has 2 atom stereocenters. The number of amides is 2. The molecule has 2 amide bonds. The Morgan fingerprint density at radius 2 is 2.10 bits per heavy atom. The average Bonchev–Trinajstić information content (AvgIpc) is 3.31. The highest BCUT2D eigenvalue weighted by molar-refractivity contribution is 5.89. The number of nitrogens with zero attached hydrogens (tertiary/aromatic N) is 1. The molecule has 0 aromatic carbocycles. The van der Waals surface area contributed by atoms with Gasteiger partial charge in [0.2, 0.25) is 11.8 Å². The van der Waals surface area contributed by atoms with Gasteiger partial charge in [-0.25, -0.2) is 0 Å². The average molecular weight is 281 g/mol. The molecule has 1 saturated carbocycles. The molecule has 20 heavy (non-hydrogen) atoms. The van der Waals surface area contributed by atoms with E-state index in [9.17, 15) is 9.59 Å². The molecule has 0 radical (unpaired) electrons. The molecular formula is C14H23N3O3. The van der Waals surface area contributed by atoms with E-state index < -0.39 is 6.04 Å². The number of rotatable bonds is 3. The van der Waals surface area contributed by atoms with Crippen LogP contribution in [-0.4, -0.2) is 61.6 Å². The van der Waals surface area contributed by atoms with Crippen molar-refractivity contribution in [2.45, 2.75) is 37.8 Å². The third kappa shape index (κ3) is 3.12. The molecule has 0 aromatic heterocycles. The van der Waals surface area contributed by atoms with E-state index in [-0.39, 0.29) is 17.7 Å². The van der Waals surface area contributed by atoms with Crippen LogP contribution in [0.3, 0.4) is 0 Å². The number of carbonyl (C=O) groups is 2. The number of ether oxygens (including phenoxy) is 1. The summed E-state index contributed by atoms with van der Waals surface area (Å²) in [6, 6.07) is -0.128. The van der Waals surface area contributed by atoms with Gasteiger partial charge in [-0.2, -0.15) is 0 Å². The molecule has 1 unspecified atom stereocenters. The van der Waals surface area contributed by atoms with E-state index in [2.05, 4.69) is 10.6 Å². The third-order valence-corrected chi connectivity index (χ3v) is 4.28. The molecule has 1 aliphatic carbocycles. The van der Waals surface area contributed by atoms with Crippen molar-refractivity contribution < 1.29 is 14.3 Å². The van der Waals surface area contributed by atoms with Crippen LogP contribution in [0.25, 0.3) is 0 Å². The molecule has 6 nitrogen and oxygen atoms in total. The largest absolute Gasteiger partial charge is 0.377 e. The summed E-state index contributed by atoms with van der Waals surface area (Å²) in [5.41, 5.74) is 0. The van der Waals surface area contributed by atoms with Gasteiger partial charge in [0.05, 0.1) is 19.1 Å². The SMILES string of the molecule is O=C(NC1CC1)C1COCCN1C(=O)[C@@H]1CCCNC1. The van der Waals surface area contributed by atoms with Gasteiger partial charge < -0.3 is 20.3 Å². The van der Waals surface area contributed by atoms with Crippen molar-refractivity contribution in [3.63, 3.8) is 0 Å². The Morgan fingerprint density at radius 1 is 1.25 bits per heavy atom. The minimum Gasteiger partial charge on any atom is -0.377 e. The summed E-state index contributed by atoms with van der Waals surface area (Å²) < 4.78 is 5.40. The summed E-state index contributed by atoms with van der Waals surface area (Å²) in [6.45, 7) is 3.09. The minimum atomic E-state index is -0.446. The first-order chi connectivity index (χ1) is 9.75. The normalized spacial score (nSPS) is 30.9. The maximum Gasteiger partial charge on any atom is 0.245 e. The van der Waals surface area contributed by atoms with Crippen LogP contribution in [0.15, 0.2) is 0 Å². The van der Waals surface area contributed by atoms with Gasteiger partial charge in [-0.1, -0.05) is 0 Å². The number of morpholine rings is 1. The van der Waals surface area contributed by atoms with Gasteiger partial charge in [0.25, 0.3) is 0 Å². The highest BCUT2D eigenvalue weighted by atomic mass is 16.5. The Morgan fingerprint density at radius 3 is 2.80 bits per heavy atom. The molecule has 3 fully saturated rings. The molecule has 2 aliphatic heterocycles. The van der Waals surface area contributed by atoms with Crippen LogP contribution in [0.4, 0.5) is 0 Å². The van der Waals surface area contributed by atoms with Crippen molar-refractivity contribution in [2.75, 3.05) is 32.8 Å². The van der Waals surface area contributed by atoms with E-state index in [1.54, 1.807) is 4.90 Å². The summed E-state index contributed by atoms with van der Waals surface area (Å²) in [5.74, 6) is 0.0684. The number of nitrogens with one attached hydrogen (secondary N) is 2. The summed E-state index contributed by atoms with van der Waals surface area (Å²) >= 11 is 0. The first-order valence-electron chi connectivity index (χ1n) is 7.65.